The Morgan fingerprint density at radius 2 is 1.72 bits per heavy atom. The molecule has 2 aromatic rings. The number of rotatable bonds is 9. The van der Waals surface area contributed by atoms with Crippen LogP contribution in [-0.4, -0.2) is 53.3 Å². The minimum absolute atomic E-state index is 0.00979. The number of hydrogen-bond donors (Lipinski definition) is 3. The summed E-state index contributed by atoms with van der Waals surface area (Å²) in [6.45, 7) is -0.366. The molecule has 0 unspecified atom stereocenters. The van der Waals surface area contributed by atoms with Gasteiger partial charge in [0.25, 0.3) is 0 Å². The van der Waals surface area contributed by atoms with Crippen molar-refractivity contribution in [1.29, 1.82) is 0 Å². The van der Waals surface area contributed by atoms with Crippen LogP contribution in [0.1, 0.15) is 19.3 Å². The molecule has 3 N–H and O–H groups in total. The predicted octanol–water partition coefficient (Wildman–Crippen LogP) is 2.03. The van der Waals surface area contributed by atoms with E-state index < -0.39 is 44.6 Å². The Hall–Kier alpha value is -1.60. The smallest absolute Gasteiger partial charge is 0.240 e. The molecule has 0 aromatic heterocycles. The lowest BCUT2D eigenvalue weighted by molar-refractivity contribution is -0.0869. The van der Waals surface area contributed by atoms with Gasteiger partial charge in [0.2, 0.25) is 20.0 Å². The molecule has 1 aliphatic rings. The van der Waals surface area contributed by atoms with Crippen molar-refractivity contribution in [2.24, 2.45) is 0 Å². The summed E-state index contributed by atoms with van der Waals surface area (Å²) in [6.07, 6.45) is -0.0108. The quantitative estimate of drug-likeness (QED) is 0.478. The third-order valence-electron chi connectivity index (χ3n) is 5.07. The maximum Gasteiger partial charge on any atom is 0.240 e. The Kier molecular flexibility index (Phi) is 8.26. The third kappa shape index (κ3) is 6.47. The van der Waals surface area contributed by atoms with E-state index in [9.17, 15) is 26.3 Å². The molecule has 0 radical (unpaired) electrons. The number of aliphatic hydroxyl groups excluding tert-OH is 1. The maximum atomic E-state index is 13.3. The van der Waals surface area contributed by atoms with Gasteiger partial charge in [-0.05, 0) is 55.7 Å². The molecule has 12 heteroatoms. The molecule has 2 aromatic carbocycles. The maximum absolute atomic E-state index is 13.3. The summed E-state index contributed by atoms with van der Waals surface area (Å²) < 4.78 is 73.8. The molecule has 0 spiro atoms. The average Bonchev–Trinajstić information content (AvgIpc) is 2.74. The first-order chi connectivity index (χ1) is 15.1. The van der Waals surface area contributed by atoms with Crippen LogP contribution in [0.15, 0.2) is 58.3 Å². The van der Waals surface area contributed by atoms with Crippen LogP contribution in [0.4, 0.5) is 4.39 Å². The van der Waals surface area contributed by atoms with E-state index in [1.165, 1.54) is 30.3 Å². The van der Waals surface area contributed by atoms with Crippen molar-refractivity contribution in [1.82, 2.24) is 9.44 Å². The minimum atomic E-state index is -3.87. The second kappa shape index (κ2) is 10.6. The molecule has 1 fully saturated rings. The van der Waals surface area contributed by atoms with E-state index in [2.05, 4.69) is 9.44 Å². The highest BCUT2D eigenvalue weighted by Crippen LogP contribution is 2.24. The lowest BCUT2D eigenvalue weighted by Crippen LogP contribution is -2.51. The number of halogens is 2. The summed E-state index contributed by atoms with van der Waals surface area (Å²) in [5.41, 5.74) is 0. The lowest BCUT2D eigenvalue weighted by atomic mass is 9.98. The van der Waals surface area contributed by atoms with Crippen molar-refractivity contribution in [3.63, 3.8) is 0 Å². The van der Waals surface area contributed by atoms with Gasteiger partial charge >= 0.3 is 0 Å². The highest BCUT2D eigenvalue weighted by Gasteiger charge is 2.34. The fourth-order valence-corrected chi connectivity index (χ4v) is 6.13. The summed E-state index contributed by atoms with van der Waals surface area (Å²) in [6, 6.07) is 9.87. The zero-order valence-corrected chi connectivity index (χ0v) is 19.3. The molecule has 0 aliphatic carbocycles. The predicted molar refractivity (Wildman–Crippen MR) is 117 cm³/mol. The van der Waals surface area contributed by atoms with E-state index in [0.717, 1.165) is 12.1 Å². The van der Waals surface area contributed by atoms with Gasteiger partial charge in [-0.1, -0.05) is 23.7 Å². The summed E-state index contributed by atoms with van der Waals surface area (Å²) >= 11 is 5.87. The van der Waals surface area contributed by atoms with Crippen LogP contribution in [0.25, 0.3) is 0 Å². The van der Waals surface area contributed by atoms with Gasteiger partial charge in [0, 0.05) is 11.6 Å². The fourth-order valence-electron chi connectivity index (χ4n) is 3.45. The van der Waals surface area contributed by atoms with E-state index in [0.29, 0.717) is 19.3 Å². The topological polar surface area (TPSA) is 122 Å². The van der Waals surface area contributed by atoms with Crippen molar-refractivity contribution in [3.05, 3.63) is 59.4 Å². The number of sulfonamides is 2. The molecule has 3 rings (SSSR count). The van der Waals surface area contributed by atoms with Crippen LogP contribution in [0.5, 0.6) is 0 Å². The van der Waals surface area contributed by atoms with Crippen molar-refractivity contribution >= 4 is 31.6 Å². The second-order valence-electron chi connectivity index (χ2n) is 7.39. The van der Waals surface area contributed by atoms with Gasteiger partial charge in [0.1, 0.15) is 5.82 Å². The van der Waals surface area contributed by atoms with Crippen LogP contribution in [0.2, 0.25) is 5.02 Å². The van der Waals surface area contributed by atoms with E-state index in [4.69, 9.17) is 16.3 Å². The molecule has 32 heavy (non-hydrogen) atoms. The van der Waals surface area contributed by atoms with E-state index in [-0.39, 0.29) is 27.5 Å². The fraction of sp³-hybridized carbons (Fsp3) is 0.400. The number of benzene rings is 2. The Morgan fingerprint density at radius 1 is 1.03 bits per heavy atom. The van der Waals surface area contributed by atoms with Gasteiger partial charge in [-0.15, -0.1) is 0 Å². The molecule has 1 saturated heterocycles. The van der Waals surface area contributed by atoms with Gasteiger partial charge in [-0.3, -0.25) is 0 Å². The van der Waals surface area contributed by atoms with Crippen LogP contribution in [0, 0.1) is 5.82 Å². The highest BCUT2D eigenvalue weighted by atomic mass is 35.5. The zero-order chi connectivity index (χ0) is 23.4. The molecular formula is C20H24ClFN2O6S2. The van der Waals surface area contributed by atoms with Gasteiger partial charge in [-0.2, -0.15) is 0 Å². The Balaban J connectivity index is 1.55. The van der Waals surface area contributed by atoms with Crippen molar-refractivity contribution < 1.29 is 31.1 Å². The molecule has 0 saturated carbocycles. The van der Waals surface area contributed by atoms with Gasteiger partial charge in [0.15, 0.2) is 0 Å². The van der Waals surface area contributed by atoms with Crippen LogP contribution in [-0.2, 0) is 24.8 Å². The van der Waals surface area contributed by atoms with Crippen molar-refractivity contribution in [2.45, 2.75) is 47.3 Å². The number of aliphatic hydroxyl groups is 1. The molecule has 8 nitrogen and oxygen atoms in total. The van der Waals surface area contributed by atoms with Crippen LogP contribution in [0.3, 0.4) is 0 Å². The highest BCUT2D eigenvalue weighted by molar-refractivity contribution is 7.89. The van der Waals surface area contributed by atoms with Gasteiger partial charge in [0.05, 0.1) is 34.6 Å². The standard InChI is InChI=1S/C20H24ClFN2O6S2/c21-14-3-1-5-17(11-14)32(28,29)24-19-8-7-16(30-20(19)13-25)9-10-23-31(26,27)18-6-2-4-15(22)12-18/h1-6,11-12,16,19-20,23-25H,7-10,13H2/t16-,19+,20-/m0/s1. The first-order valence-corrected chi connectivity index (χ1v) is 13.2. The monoisotopic (exact) mass is 506 g/mol. The summed E-state index contributed by atoms with van der Waals surface area (Å²) in [7, 11) is -7.73. The average molecular weight is 507 g/mol. The first kappa shape index (κ1) is 25.0. The minimum Gasteiger partial charge on any atom is -0.394 e. The first-order valence-electron chi connectivity index (χ1n) is 9.90. The van der Waals surface area contributed by atoms with Gasteiger partial charge < -0.3 is 9.84 Å². The number of hydrogen-bond acceptors (Lipinski definition) is 6. The molecular weight excluding hydrogens is 483 g/mol. The van der Waals surface area contributed by atoms with E-state index in [1.807, 2.05) is 0 Å². The molecule has 176 valence electrons. The van der Waals surface area contributed by atoms with E-state index >= 15 is 0 Å². The normalized spacial score (nSPS) is 22.0. The Morgan fingerprint density at radius 3 is 2.38 bits per heavy atom. The molecule has 0 bridgehead atoms. The molecule has 3 atom stereocenters. The SMILES string of the molecule is O=S(=O)(NCC[C@@H]1CC[C@@H](NS(=O)(=O)c2cccc(Cl)c2)[C@H](CO)O1)c1cccc(F)c1. The van der Waals surface area contributed by atoms with Crippen LogP contribution < -0.4 is 9.44 Å². The lowest BCUT2D eigenvalue weighted by Gasteiger charge is -2.36. The molecule has 1 heterocycles. The van der Waals surface area contributed by atoms with Crippen molar-refractivity contribution in [2.75, 3.05) is 13.2 Å². The van der Waals surface area contributed by atoms with Crippen molar-refractivity contribution in [3.8, 4) is 0 Å². The summed E-state index contributed by atoms with van der Waals surface area (Å²) in [4.78, 5) is -0.165. The number of ether oxygens (including phenoxy) is 1. The Bertz CT molecular complexity index is 1150. The summed E-state index contributed by atoms with van der Waals surface area (Å²) in [5.74, 6) is -0.652. The number of nitrogens with one attached hydrogen (secondary N) is 2. The van der Waals surface area contributed by atoms with Gasteiger partial charge in [-0.25, -0.2) is 30.7 Å². The third-order valence-corrected chi connectivity index (χ3v) is 8.25. The van der Waals surface area contributed by atoms with Crippen LogP contribution >= 0.6 is 11.6 Å². The zero-order valence-electron chi connectivity index (χ0n) is 16.9. The second-order valence-corrected chi connectivity index (χ2v) is 11.3. The molecule has 0 amide bonds. The Labute approximate surface area is 191 Å². The summed E-state index contributed by atoms with van der Waals surface area (Å²) in [5, 5.41) is 9.98. The van der Waals surface area contributed by atoms with E-state index in [1.54, 1.807) is 6.07 Å². The molecule has 1 aliphatic heterocycles. The largest absolute Gasteiger partial charge is 0.394 e.